The number of pyridine rings is 1. The van der Waals surface area contributed by atoms with Gasteiger partial charge in [-0.25, -0.2) is 0 Å². The molecule has 0 N–H and O–H groups in total. The van der Waals surface area contributed by atoms with Gasteiger partial charge >= 0.3 is 0 Å². The normalized spacial score (nSPS) is 10.5. The molecule has 0 radical (unpaired) electrons. The van der Waals surface area contributed by atoms with Crippen LogP contribution in [0.4, 0.5) is 0 Å². The Morgan fingerprint density at radius 2 is 2.04 bits per heavy atom. The molecule has 0 unspecified atom stereocenters. The fourth-order valence-electron chi connectivity index (χ4n) is 3.08. The average Bonchev–Trinajstić information content (AvgIpc) is 2.68. The van der Waals surface area contributed by atoms with E-state index in [0.29, 0.717) is 18.5 Å². The number of nitrogens with zero attached hydrogens (tertiary/aromatic N) is 2. The number of carbonyl (C=O) groups excluding carboxylic acids is 1. The molecule has 0 aliphatic heterocycles. The van der Waals surface area contributed by atoms with E-state index in [9.17, 15) is 4.79 Å². The average molecular weight is 346 g/mol. The van der Waals surface area contributed by atoms with Crippen molar-refractivity contribution in [3.8, 4) is 5.75 Å². The minimum Gasteiger partial charge on any atom is -0.496 e. The quantitative estimate of drug-likeness (QED) is 0.627. The van der Waals surface area contributed by atoms with E-state index in [1.165, 1.54) is 0 Å². The van der Waals surface area contributed by atoms with Crippen LogP contribution in [0.2, 0.25) is 0 Å². The summed E-state index contributed by atoms with van der Waals surface area (Å²) < 4.78 is 5.36. The summed E-state index contributed by atoms with van der Waals surface area (Å²) in [5.41, 5.74) is 3.61. The minimum absolute atomic E-state index is 0.0288. The van der Waals surface area contributed by atoms with Gasteiger partial charge in [0.25, 0.3) is 5.91 Å². The standard InChI is InChI=1S/C22H22N2O2/c1-4-7-16-14-17(11-12-21(16)26-3)22(25)24(2)15-18-8-5-10-20-19(18)9-6-13-23-20/h4-6,8-14H,1,7,15H2,2-3H3. The summed E-state index contributed by atoms with van der Waals surface area (Å²) in [5, 5.41) is 1.07. The molecule has 4 heteroatoms. The number of aromatic nitrogens is 1. The number of benzene rings is 2. The first-order valence-corrected chi connectivity index (χ1v) is 8.50. The van der Waals surface area contributed by atoms with Crippen LogP contribution in [0.15, 0.2) is 67.4 Å². The number of hydrogen-bond acceptors (Lipinski definition) is 3. The second-order valence-corrected chi connectivity index (χ2v) is 6.17. The van der Waals surface area contributed by atoms with E-state index in [2.05, 4.69) is 11.6 Å². The minimum atomic E-state index is -0.0288. The SMILES string of the molecule is C=CCc1cc(C(=O)N(C)Cc2cccc3ncccc23)ccc1OC. The summed E-state index contributed by atoms with van der Waals surface area (Å²) in [6.45, 7) is 4.29. The van der Waals surface area contributed by atoms with Crippen molar-refractivity contribution in [3.63, 3.8) is 0 Å². The number of methoxy groups -OCH3 is 1. The van der Waals surface area contributed by atoms with Crippen LogP contribution in [0.25, 0.3) is 10.9 Å². The Labute approximate surface area is 153 Å². The maximum atomic E-state index is 12.9. The van der Waals surface area contributed by atoms with Gasteiger partial charge < -0.3 is 9.64 Å². The van der Waals surface area contributed by atoms with Crippen LogP contribution in [0.5, 0.6) is 5.75 Å². The molecule has 0 atom stereocenters. The first-order chi connectivity index (χ1) is 12.6. The highest BCUT2D eigenvalue weighted by atomic mass is 16.5. The Kier molecular flexibility index (Phi) is 5.32. The lowest BCUT2D eigenvalue weighted by Crippen LogP contribution is -2.26. The van der Waals surface area contributed by atoms with E-state index in [1.54, 1.807) is 30.3 Å². The molecular formula is C22H22N2O2. The number of fused-ring (bicyclic) bond motifs is 1. The van der Waals surface area contributed by atoms with Crippen molar-refractivity contribution in [2.75, 3.05) is 14.2 Å². The van der Waals surface area contributed by atoms with Crippen molar-refractivity contribution >= 4 is 16.8 Å². The van der Waals surface area contributed by atoms with Gasteiger partial charge in [0.05, 0.1) is 12.6 Å². The summed E-state index contributed by atoms with van der Waals surface area (Å²) in [6, 6.07) is 15.4. The molecule has 0 bridgehead atoms. The molecule has 132 valence electrons. The summed E-state index contributed by atoms with van der Waals surface area (Å²) in [6.07, 6.45) is 4.24. The third-order valence-electron chi connectivity index (χ3n) is 4.38. The summed E-state index contributed by atoms with van der Waals surface area (Å²) in [4.78, 5) is 19.0. The van der Waals surface area contributed by atoms with Crippen LogP contribution < -0.4 is 4.74 Å². The number of allylic oxidation sites excluding steroid dienone is 1. The van der Waals surface area contributed by atoms with E-state index in [4.69, 9.17) is 4.74 Å². The fraction of sp³-hybridized carbons (Fsp3) is 0.182. The number of ether oxygens (including phenoxy) is 1. The molecule has 0 spiro atoms. The maximum Gasteiger partial charge on any atom is 0.253 e. The highest BCUT2D eigenvalue weighted by Crippen LogP contribution is 2.23. The van der Waals surface area contributed by atoms with Gasteiger partial charge in [-0.05, 0) is 47.9 Å². The van der Waals surface area contributed by atoms with E-state index in [0.717, 1.165) is 27.8 Å². The van der Waals surface area contributed by atoms with Gasteiger partial charge in [0.2, 0.25) is 0 Å². The Bertz CT molecular complexity index is 945. The molecule has 0 aliphatic carbocycles. The molecule has 0 fully saturated rings. The van der Waals surface area contributed by atoms with Gasteiger partial charge in [0, 0.05) is 30.7 Å². The Morgan fingerprint density at radius 1 is 1.19 bits per heavy atom. The molecule has 26 heavy (non-hydrogen) atoms. The second kappa shape index (κ2) is 7.83. The van der Waals surface area contributed by atoms with Gasteiger partial charge in [-0.15, -0.1) is 6.58 Å². The van der Waals surface area contributed by atoms with Gasteiger partial charge in [-0.3, -0.25) is 9.78 Å². The molecule has 1 heterocycles. The van der Waals surface area contributed by atoms with Crippen molar-refractivity contribution in [3.05, 3.63) is 84.1 Å². The van der Waals surface area contributed by atoms with Gasteiger partial charge in [-0.2, -0.15) is 0 Å². The van der Waals surface area contributed by atoms with Crippen LogP contribution in [-0.2, 0) is 13.0 Å². The third-order valence-corrected chi connectivity index (χ3v) is 4.38. The van der Waals surface area contributed by atoms with E-state index in [-0.39, 0.29) is 5.91 Å². The second-order valence-electron chi connectivity index (χ2n) is 6.17. The summed E-state index contributed by atoms with van der Waals surface area (Å²) >= 11 is 0. The molecule has 0 saturated carbocycles. The third kappa shape index (κ3) is 3.59. The molecule has 3 aromatic rings. The lowest BCUT2D eigenvalue weighted by Gasteiger charge is -2.19. The Morgan fingerprint density at radius 3 is 2.81 bits per heavy atom. The van der Waals surface area contributed by atoms with Crippen LogP contribution >= 0.6 is 0 Å². The van der Waals surface area contributed by atoms with E-state index >= 15 is 0 Å². The van der Waals surface area contributed by atoms with Crippen LogP contribution in [0.3, 0.4) is 0 Å². The lowest BCUT2D eigenvalue weighted by atomic mass is 10.0. The number of hydrogen-bond donors (Lipinski definition) is 0. The topological polar surface area (TPSA) is 42.4 Å². The number of carbonyl (C=O) groups is 1. The van der Waals surface area contributed by atoms with Gasteiger partial charge in [0.1, 0.15) is 5.75 Å². The summed E-state index contributed by atoms with van der Waals surface area (Å²) in [7, 11) is 3.44. The smallest absolute Gasteiger partial charge is 0.253 e. The Balaban J connectivity index is 1.85. The van der Waals surface area contributed by atoms with Crippen molar-refractivity contribution in [2.45, 2.75) is 13.0 Å². The molecule has 1 amide bonds. The molecule has 4 nitrogen and oxygen atoms in total. The molecule has 0 saturated heterocycles. The zero-order chi connectivity index (χ0) is 18.5. The molecule has 1 aromatic heterocycles. The van der Waals surface area contributed by atoms with E-state index in [1.807, 2.05) is 49.5 Å². The molecular weight excluding hydrogens is 324 g/mol. The zero-order valence-corrected chi connectivity index (χ0v) is 15.1. The van der Waals surface area contributed by atoms with Crippen molar-refractivity contribution < 1.29 is 9.53 Å². The maximum absolute atomic E-state index is 12.9. The number of rotatable bonds is 6. The molecule has 3 rings (SSSR count). The lowest BCUT2D eigenvalue weighted by molar-refractivity contribution is 0.0785. The number of amides is 1. The fourth-order valence-corrected chi connectivity index (χ4v) is 3.08. The van der Waals surface area contributed by atoms with Crippen molar-refractivity contribution in [2.24, 2.45) is 0 Å². The summed E-state index contributed by atoms with van der Waals surface area (Å²) in [5.74, 6) is 0.739. The molecule has 0 aliphatic rings. The van der Waals surface area contributed by atoms with Crippen LogP contribution in [0.1, 0.15) is 21.5 Å². The monoisotopic (exact) mass is 346 g/mol. The van der Waals surface area contributed by atoms with Crippen LogP contribution in [0, 0.1) is 0 Å². The first-order valence-electron chi connectivity index (χ1n) is 8.50. The van der Waals surface area contributed by atoms with Gasteiger partial charge in [-0.1, -0.05) is 24.3 Å². The molecule has 2 aromatic carbocycles. The van der Waals surface area contributed by atoms with Gasteiger partial charge in [0.15, 0.2) is 0 Å². The largest absolute Gasteiger partial charge is 0.496 e. The Hall–Kier alpha value is -3.14. The predicted molar refractivity (Wildman–Crippen MR) is 104 cm³/mol. The highest BCUT2D eigenvalue weighted by molar-refractivity contribution is 5.94. The van der Waals surface area contributed by atoms with E-state index < -0.39 is 0 Å². The first kappa shape index (κ1) is 17.7. The van der Waals surface area contributed by atoms with Crippen LogP contribution in [-0.4, -0.2) is 29.9 Å². The van der Waals surface area contributed by atoms with Crippen molar-refractivity contribution in [1.29, 1.82) is 0 Å². The zero-order valence-electron chi connectivity index (χ0n) is 15.1. The highest BCUT2D eigenvalue weighted by Gasteiger charge is 2.15. The van der Waals surface area contributed by atoms with Crippen molar-refractivity contribution in [1.82, 2.24) is 9.88 Å². The predicted octanol–water partition coefficient (Wildman–Crippen LogP) is 4.24.